The van der Waals surface area contributed by atoms with E-state index >= 15 is 0 Å². The van der Waals surface area contributed by atoms with Crippen molar-refractivity contribution in [2.75, 3.05) is 13.1 Å². The molecular weight excluding hydrogens is 276 g/mol. The zero-order chi connectivity index (χ0) is 14.4. The Bertz CT molecular complexity index is 520. The largest absolute Gasteiger partial charge is 0.315 e. The number of rotatable bonds is 8. The van der Waals surface area contributed by atoms with Gasteiger partial charge in [-0.2, -0.15) is 5.10 Å². The van der Waals surface area contributed by atoms with Gasteiger partial charge in [-0.3, -0.25) is 4.68 Å². The summed E-state index contributed by atoms with van der Waals surface area (Å²) in [5, 5.41) is 20.0. The number of nitrogens with zero attached hydrogens (tertiary/aromatic N) is 7. The van der Waals surface area contributed by atoms with E-state index in [-0.39, 0.29) is 0 Å². The summed E-state index contributed by atoms with van der Waals surface area (Å²) in [6, 6.07) is 0. The Hall–Kier alpha value is -1.48. The quantitative estimate of drug-likeness (QED) is 0.555. The van der Waals surface area contributed by atoms with Crippen molar-refractivity contribution in [2.45, 2.75) is 31.3 Å². The van der Waals surface area contributed by atoms with Gasteiger partial charge in [0.1, 0.15) is 12.2 Å². The molecule has 2 aromatic heterocycles. The zero-order valence-corrected chi connectivity index (χ0v) is 12.8. The molecule has 0 spiro atoms. The van der Waals surface area contributed by atoms with E-state index in [0.717, 1.165) is 30.6 Å². The average molecular weight is 296 g/mol. The molecule has 20 heavy (non-hydrogen) atoms. The van der Waals surface area contributed by atoms with Crippen molar-refractivity contribution < 1.29 is 0 Å². The van der Waals surface area contributed by atoms with E-state index in [1.165, 1.54) is 0 Å². The van der Waals surface area contributed by atoms with Crippen molar-refractivity contribution in [3.63, 3.8) is 0 Å². The maximum absolute atomic E-state index is 4.18. The lowest BCUT2D eigenvalue weighted by Crippen LogP contribution is -2.24. The lowest BCUT2D eigenvalue weighted by molar-refractivity contribution is 0.482. The molecule has 2 rings (SSSR count). The predicted molar refractivity (Wildman–Crippen MR) is 76.1 cm³/mol. The van der Waals surface area contributed by atoms with Gasteiger partial charge in [0.2, 0.25) is 5.16 Å². The molecule has 0 radical (unpaired) electrons. The van der Waals surface area contributed by atoms with Gasteiger partial charge in [0.25, 0.3) is 0 Å². The summed E-state index contributed by atoms with van der Waals surface area (Å²) in [5.41, 5.74) is 0. The third-order valence-electron chi connectivity index (χ3n) is 2.69. The molecule has 9 heteroatoms. The molecule has 2 heterocycles. The summed E-state index contributed by atoms with van der Waals surface area (Å²) in [5.74, 6) is 2.26. The van der Waals surface area contributed by atoms with Crippen LogP contribution in [0, 0.1) is 5.92 Å². The van der Waals surface area contributed by atoms with Crippen LogP contribution in [-0.4, -0.2) is 48.1 Å². The monoisotopic (exact) mass is 296 g/mol. The normalized spacial score (nSPS) is 11.4. The van der Waals surface area contributed by atoms with Gasteiger partial charge in [0, 0.05) is 13.6 Å². The molecule has 0 atom stereocenters. The number of hydrogen-bond acceptors (Lipinski definition) is 7. The molecular formula is C11H20N8S. The standard InChI is InChI=1S/C11H20N8S/c1-9(2)6-12-4-5-19-11(15-16-17-19)20-7-10-13-8-14-18(10)3/h8-9,12H,4-7H2,1-3H3. The molecule has 0 unspecified atom stereocenters. The zero-order valence-electron chi connectivity index (χ0n) is 12.0. The molecule has 0 saturated heterocycles. The number of aromatic nitrogens is 7. The smallest absolute Gasteiger partial charge is 0.209 e. The van der Waals surface area contributed by atoms with Crippen LogP contribution in [0.25, 0.3) is 0 Å². The minimum absolute atomic E-state index is 0.647. The summed E-state index contributed by atoms with van der Waals surface area (Å²) < 4.78 is 3.57. The van der Waals surface area contributed by atoms with Gasteiger partial charge < -0.3 is 5.32 Å². The Morgan fingerprint density at radius 1 is 1.40 bits per heavy atom. The minimum Gasteiger partial charge on any atom is -0.315 e. The van der Waals surface area contributed by atoms with E-state index in [4.69, 9.17) is 0 Å². The van der Waals surface area contributed by atoms with E-state index in [9.17, 15) is 0 Å². The number of thioether (sulfide) groups is 1. The third-order valence-corrected chi connectivity index (χ3v) is 3.64. The van der Waals surface area contributed by atoms with Crippen LogP contribution in [-0.2, 0) is 19.3 Å². The first-order chi connectivity index (χ1) is 9.66. The topological polar surface area (TPSA) is 86.3 Å². The predicted octanol–water partition coefficient (Wildman–Crippen LogP) is 0.339. The van der Waals surface area contributed by atoms with Crippen LogP contribution < -0.4 is 5.32 Å². The highest BCUT2D eigenvalue weighted by Crippen LogP contribution is 2.17. The molecule has 2 aromatic rings. The number of hydrogen-bond donors (Lipinski definition) is 1. The van der Waals surface area contributed by atoms with Gasteiger partial charge in [-0.1, -0.05) is 25.6 Å². The van der Waals surface area contributed by atoms with Crippen LogP contribution >= 0.6 is 11.8 Å². The van der Waals surface area contributed by atoms with Crippen LogP contribution in [0.15, 0.2) is 11.5 Å². The van der Waals surface area contributed by atoms with E-state index in [1.54, 1.807) is 22.8 Å². The van der Waals surface area contributed by atoms with Gasteiger partial charge in [-0.15, -0.1) is 5.10 Å². The van der Waals surface area contributed by atoms with Gasteiger partial charge in [0.05, 0.1) is 12.3 Å². The first-order valence-corrected chi connectivity index (χ1v) is 7.58. The Kier molecular flexibility index (Phi) is 5.48. The van der Waals surface area contributed by atoms with Crippen molar-refractivity contribution in [1.29, 1.82) is 0 Å². The van der Waals surface area contributed by atoms with Gasteiger partial charge in [-0.25, -0.2) is 9.67 Å². The second-order valence-corrected chi connectivity index (χ2v) is 5.81. The van der Waals surface area contributed by atoms with Crippen molar-refractivity contribution in [3.05, 3.63) is 12.2 Å². The van der Waals surface area contributed by atoms with Crippen LogP contribution in [0.1, 0.15) is 19.7 Å². The lowest BCUT2D eigenvalue weighted by atomic mass is 10.2. The van der Waals surface area contributed by atoms with Crippen LogP contribution in [0.2, 0.25) is 0 Å². The molecule has 0 saturated carbocycles. The van der Waals surface area contributed by atoms with Crippen LogP contribution in [0.3, 0.4) is 0 Å². The Morgan fingerprint density at radius 3 is 2.95 bits per heavy atom. The average Bonchev–Trinajstić information content (AvgIpc) is 3.01. The molecule has 0 aliphatic rings. The first-order valence-electron chi connectivity index (χ1n) is 6.59. The summed E-state index contributed by atoms with van der Waals surface area (Å²) >= 11 is 1.57. The fourth-order valence-electron chi connectivity index (χ4n) is 1.60. The summed E-state index contributed by atoms with van der Waals surface area (Å²) in [6.07, 6.45) is 1.55. The van der Waals surface area contributed by atoms with Gasteiger partial charge in [0.15, 0.2) is 0 Å². The highest BCUT2D eigenvalue weighted by molar-refractivity contribution is 7.98. The molecule has 0 aromatic carbocycles. The highest BCUT2D eigenvalue weighted by Gasteiger charge is 2.09. The molecule has 8 nitrogen and oxygen atoms in total. The van der Waals surface area contributed by atoms with Crippen molar-refractivity contribution in [1.82, 2.24) is 40.3 Å². The highest BCUT2D eigenvalue weighted by atomic mass is 32.2. The second kappa shape index (κ2) is 7.34. The molecule has 0 bridgehead atoms. The summed E-state index contributed by atoms with van der Waals surface area (Å²) in [4.78, 5) is 4.18. The Balaban J connectivity index is 1.81. The minimum atomic E-state index is 0.647. The van der Waals surface area contributed by atoms with E-state index < -0.39 is 0 Å². The van der Waals surface area contributed by atoms with Gasteiger partial charge in [-0.05, 0) is 22.9 Å². The Labute approximate surface area is 122 Å². The summed E-state index contributed by atoms with van der Waals surface area (Å²) in [7, 11) is 1.88. The molecule has 0 fully saturated rings. The van der Waals surface area contributed by atoms with Crippen LogP contribution in [0.5, 0.6) is 0 Å². The molecule has 0 amide bonds. The number of tetrazole rings is 1. The second-order valence-electron chi connectivity index (χ2n) is 4.87. The molecule has 110 valence electrons. The van der Waals surface area contributed by atoms with Crippen LogP contribution in [0.4, 0.5) is 0 Å². The lowest BCUT2D eigenvalue weighted by Gasteiger charge is -2.07. The Morgan fingerprint density at radius 2 is 2.25 bits per heavy atom. The third kappa shape index (κ3) is 4.27. The fourth-order valence-corrected chi connectivity index (χ4v) is 2.49. The molecule has 1 N–H and O–H groups in total. The number of nitrogens with one attached hydrogen (secondary N) is 1. The maximum Gasteiger partial charge on any atom is 0.209 e. The fraction of sp³-hybridized carbons (Fsp3) is 0.727. The van der Waals surface area contributed by atoms with Gasteiger partial charge >= 0.3 is 0 Å². The SMILES string of the molecule is CC(C)CNCCn1nnnc1SCc1ncnn1C. The van der Waals surface area contributed by atoms with E-state index in [0.29, 0.717) is 11.7 Å². The van der Waals surface area contributed by atoms with Crippen molar-refractivity contribution >= 4 is 11.8 Å². The molecule has 0 aliphatic carbocycles. The van der Waals surface area contributed by atoms with E-state index in [2.05, 4.69) is 44.8 Å². The maximum atomic E-state index is 4.18. The van der Waals surface area contributed by atoms with Crippen molar-refractivity contribution in [2.24, 2.45) is 13.0 Å². The van der Waals surface area contributed by atoms with E-state index in [1.807, 2.05) is 11.7 Å². The summed E-state index contributed by atoms with van der Waals surface area (Å²) in [6.45, 7) is 7.00. The van der Waals surface area contributed by atoms with Crippen molar-refractivity contribution in [3.8, 4) is 0 Å². The number of aryl methyl sites for hydroxylation is 1. The molecule has 0 aliphatic heterocycles. The first kappa shape index (κ1) is 14.9.